The number of rotatable bonds is 6. The number of thiophene rings is 1. The molecular formula is C14H23BrN2S. The van der Waals surface area contributed by atoms with Gasteiger partial charge in [-0.05, 0) is 46.8 Å². The molecule has 0 unspecified atom stereocenters. The maximum absolute atomic E-state index is 5.89. The lowest BCUT2D eigenvalue weighted by Gasteiger charge is -2.42. The van der Waals surface area contributed by atoms with Crippen LogP contribution in [0.2, 0.25) is 0 Å². The zero-order chi connectivity index (χ0) is 13.2. The molecule has 0 bridgehead atoms. The average molecular weight is 331 g/mol. The van der Waals surface area contributed by atoms with Gasteiger partial charge >= 0.3 is 0 Å². The summed E-state index contributed by atoms with van der Waals surface area (Å²) < 4.78 is 1.19. The molecule has 0 saturated heterocycles. The second kappa shape index (κ2) is 5.61. The number of nitrogens with one attached hydrogen (secondary N) is 1. The highest BCUT2D eigenvalue weighted by Crippen LogP contribution is 2.39. The lowest BCUT2D eigenvalue weighted by molar-refractivity contribution is 0.139. The molecule has 1 aromatic rings. The first-order chi connectivity index (χ1) is 8.47. The third kappa shape index (κ3) is 3.16. The van der Waals surface area contributed by atoms with Gasteiger partial charge in [-0.2, -0.15) is 0 Å². The average Bonchev–Trinajstić information content (AvgIpc) is 2.70. The third-order valence-corrected chi connectivity index (χ3v) is 6.21. The minimum Gasteiger partial charge on any atom is -0.330 e. The lowest BCUT2D eigenvalue weighted by Crippen LogP contribution is -2.47. The van der Waals surface area contributed by atoms with Crippen molar-refractivity contribution in [2.75, 3.05) is 19.6 Å². The Morgan fingerprint density at radius 1 is 1.50 bits per heavy atom. The number of hydrogen-bond acceptors (Lipinski definition) is 3. The van der Waals surface area contributed by atoms with Gasteiger partial charge in [-0.1, -0.05) is 20.3 Å². The number of nitrogens with two attached hydrogens (primary N) is 1. The highest BCUT2D eigenvalue weighted by Gasteiger charge is 2.35. The smallest absolute Gasteiger partial charge is 0.0285 e. The monoisotopic (exact) mass is 330 g/mol. The van der Waals surface area contributed by atoms with Crippen LogP contribution < -0.4 is 11.1 Å². The van der Waals surface area contributed by atoms with Crippen LogP contribution in [0.5, 0.6) is 0 Å². The Morgan fingerprint density at radius 3 is 2.67 bits per heavy atom. The van der Waals surface area contributed by atoms with E-state index in [0.717, 1.165) is 19.6 Å². The SMILES string of the molecule is CC(C)(CNCC1(CN)CCC1)c1cc(Br)cs1. The van der Waals surface area contributed by atoms with Crippen molar-refractivity contribution in [1.82, 2.24) is 5.32 Å². The van der Waals surface area contributed by atoms with Crippen LogP contribution in [0.3, 0.4) is 0 Å². The predicted octanol–water partition coefficient (Wildman–Crippen LogP) is 3.51. The number of halogens is 1. The molecule has 102 valence electrons. The van der Waals surface area contributed by atoms with Gasteiger partial charge in [-0.15, -0.1) is 11.3 Å². The van der Waals surface area contributed by atoms with Crippen LogP contribution in [0.15, 0.2) is 15.9 Å². The van der Waals surface area contributed by atoms with Gasteiger partial charge in [0, 0.05) is 33.2 Å². The first kappa shape index (κ1) is 14.5. The van der Waals surface area contributed by atoms with Gasteiger partial charge in [-0.3, -0.25) is 0 Å². The fraction of sp³-hybridized carbons (Fsp3) is 0.714. The van der Waals surface area contributed by atoms with Crippen LogP contribution in [0, 0.1) is 5.41 Å². The summed E-state index contributed by atoms with van der Waals surface area (Å²) in [5.74, 6) is 0. The van der Waals surface area contributed by atoms with E-state index in [4.69, 9.17) is 5.73 Å². The van der Waals surface area contributed by atoms with Crippen LogP contribution in [0.4, 0.5) is 0 Å². The summed E-state index contributed by atoms with van der Waals surface area (Å²) in [5, 5.41) is 5.80. The normalized spacial score (nSPS) is 18.7. The number of hydrogen-bond donors (Lipinski definition) is 2. The molecule has 1 fully saturated rings. The fourth-order valence-corrected chi connectivity index (χ4v) is 4.08. The highest BCUT2D eigenvalue weighted by molar-refractivity contribution is 9.10. The van der Waals surface area contributed by atoms with Crippen LogP contribution in [0.25, 0.3) is 0 Å². The molecule has 18 heavy (non-hydrogen) atoms. The molecule has 0 amide bonds. The predicted molar refractivity (Wildman–Crippen MR) is 83.3 cm³/mol. The highest BCUT2D eigenvalue weighted by atomic mass is 79.9. The maximum Gasteiger partial charge on any atom is 0.0285 e. The van der Waals surface area contributed by atoms with Crippen molar-refractivity contribution in [2.45, 2.75) is 38.5 Å². The molecule has 1 heterocycles. The zero-order valence-corrected chi connectivity index (χ0v) is 13.7. The minimum atomic E-state index is 0.191. The first-order valence-electron chi connectivity index (χ1n) is 6.63. The van der Waals surface area contributed by atoms with E-state index in [2.05, 4.69) is 46.5 Å². The van der Waals surface area contributed by atoms with Gasteiger partial charge in [-0.25, -0.2) is 0 Å². The Hall–Kier alpha value is 0.1000. The van der Waals surface area contributed by atoms with E-state index in [1.54, 1.807) is 0 Å². The molecule has 0 aromatic carbocycles. The summed E-state index contributed by atoms with van der Waals surface area (Å²) in [7, 11) is 0. The van der Waals surface area contributed by atoms with E-state index in [9.17, 15) is 0 Å². The fourth-order valence-electron chi connectivity index (χ4n) is 2.53. The van der Waals surface area contributed by atoms with Crippen molar-refractivity contribution < 1.29 is 0 Å². The van der Waals surface area contributed by atoms with Gasteiger partial charge in [0.05, 0.1) is 0 Å². The lowest BCUT2D eigenvalue weighted by atomic mass is 9.68. The van der Waals surface area contributed by atoms with Crippen molar-refractivity contribution in [3.05, 3.63) is 20.8 Å². The van der Waals surface area contributed by atoms with Crippen molar-refractivity contribution in [3.8, 4) is 0 Å². The molecule has 0 aliphatic heterocycles. The molecule has 4 heteroatoms. The van der Waals surface area contributed by atoms with Gasteiger partial charge < -0.3 is 11.1 Å². The molecular weight excluding hydrogens is 308 g/mol. The summed E-state index contributed by atoms with van der Waals surface area (Å²) in [5.41, 5.74) is 6.47. The molecule has 0 radical (unpaired) electrons. The van der Waals surface area contributed by atoms with Crippen LogP contribution in [-0.2, 0) is 5.41 Å². The Labute approximate surface area is 122 Å². The molecule has 0 spiro atoms. The van der Waals surface area contributed by atoms with Crippen molar-refractivity contribution in [3.63, 3.8) is 0 Å². The summed E-state index contributed by atoms with van der Waals surface area (Å²) in [6.45, 7) is 7.51. The second-order valence-electron chi connectivity index (χ2n) is 6.17. The third-order valence-electron chi connectivity index (χ3n) is 4.15. The second-order valence-corrected chi connectivity index (χ2v) is 8.00. The molecule has 1 aliphatic rings. The molecule has 1 saturated carbocycles. The van der Waals surface area contributed by atoms with E-state index in [0.29, 0.717) is 5.41 Å². The molecule has 2 rings (SSSR count). The largest absolute Gasteiger partial charge is 0.330 e. The standard InChI is InChI=1S/C14H23BrN2S/c1-13(2,12-6-11(15)7-18-12)9-17-10-14(8-16)4-3-5-14/h6-7,17H,3-5,8-10,16H2,1-2H3. The van der Waals surface area contributed by atoms with Crippen molar-refractivity contribution in [1.29, 1.82) is 0 Å². The van der Waals surface area contributed by atoms with E-state index in [-0.39, 0.29) is 5.41 Å². The van der Waals surface area contributed by atoms with Crippen molar-refractivity contribution >= 4 is 27.3 Å². The summed E-state index contributed by atoms with van der Waals surface area (Å²) in [4.78, 5) is 1.43. The molecule has 2 nitrogen and oxygen atoms in total. The van der Waals surface area contributed by atoms with Crippen LogP contribution in [0.1, 0.15) is 38.0 Å². The summed E-state index contributed by atoms with van der Waals surface area (Å²) in [6, 6.07) is 2.23. The van der Waals surface area contributed by atoms with E-state index in [1.165, 1.54) is 28.6 Å². The Bertz CT molecular complexity index is 391. The molecule has 1 aliphatic carbocycles. The maximum atomic E-state index is 5.89. The Balaban J connectivity index is 1.85. The van der Waals surface area contributed by atoms with Gasteiger partial charge in [0.15, 0.2) is 0 Å². The topological polar surface area (TPSA) is 38.0 Å². The van der Waals surface area contributed by atoms with E-state index >= 15 is 0 Å². The van der Waals surface area contributed by atoms with Crippen LogP contribution in [-0.4, -0.2) is 19.6 Å². The van der Waals surface area contributed by atoms with Crippen molar-refractivity contribution in [2.24, 2.45) is 11.1 Å². The van der Waals surface area contributed by atoms with Gasteiger partial charge in [0.1, 0.15) is 0 Å². The Morgan fingerprint density at radius 2 is 2.22 bits per heavy atom. The summed E-state index contributed by atoms with van der Waals surface area (Å²) in [6.07, 6.45) is 3.93. The first-order valence-corrected chi connectivity index (χ1v) is 8.30. The summed E-state index contributed by atoms with van der Waals surface area (Å²) >= 11 is 5.36. The molecule has 1 aromatic heterocycles. The van der Waals surface area contributed by atoms with Gasteiger partial charge in [0.25, 0.3) is 0 Å². The van der Waals surface area contributed by atoms with Gasteiger partial charge in [0.2, 0.25) is 0 Å². The quantitative estimate of drug-likeness (QED) is 0.837. The van der Waals surface area contributed by atoms with E-state index < -0.39 is 0 Å². The van der Waals surface area contributed by atoms with E-state index in [1.807, 2.05) is 11.3 Å². The Kier molecular flexibility index (Phi) is 4.52. The molecule has 3 N–H and O–H groups in total. The minimum absolute atomic E-state index is 0.191. The zero-order valence-electron chi connectivity index (χ0n) is 11.3. The van der Waals surface area contributed by atoms with Crippen LogP contribution >= 0.6 is 27.3 Å². The molecule has 0 atom stereocenters.